The number of hydrogen-bond acceptors (Lipinski definition) is 2. The average molecular weight is 198 g/mol. The molecule has 82 valence electrons. The van der Waals surface area contributed by atoms with Crippen LogP contribution in [-0.2, 0) is 4.74 Å². The summed E-state index contributed by atoms with van der Waals surface area (Å²) < 4.78 is 5.48. The van der Waals surface area contributed by atoms with Crippen LogP contribution in [0.2, 0.25) is 0 Å². The monoisotopic (exact) mass is 198 g/mol. The van der Waals surface area contributed by atoms with Crippen molar-refractivity contribution in [2.45, 2.75) is 51.0 Å². The van der Waals surface area contributed by atoms with Crippen LogP contribution in [0.4, 0.5) is 0 Å². The van der Waals surface area contributed by atoms with Crippen LogP contribution in [-0.4, -0.2) is 23.9 Å². The second kappa shape index (κ2) is 4.19. The van der Waals surface area contributed by atoms with E-state index in [0.29, 0.717) is 11.8 Å². The Morgan fingerprint density at radius 3 is 2.79 bits per heavy atom. The minimum atomic E-state index is -0.405. The second-order valence-electron chi connectivity index (χ2n) is 5.22. The van der Waals surface area contributed by atoms with E-state index in [1.54, 1.807) is 0 Å². The quantitative estimate of drug-likeness (QED) is 0.701. The van der Waals surface area contributed by atoms with Crippen LogP contribution in [0.5, 0.6) is 0 Å². The molecule has 1 heterocycles. The summed E-state index contributed by atoms with van der Waals surface area (Å²) in [6.45, 7) is 3.93. The van der Waals surface area contributed by atoms with Gasteiger partial charge in [-0.25, -0.2) is 0 Å². The van der Waals surface area contributed by atoms with Crippen LogP contribution in [0.3, 0.4) is 0 Å². The Balaban J connectivity index is 1.98. The van der Waals surface area contributed by atoms with Crippen LogP contribution in [0.1, 0.15) is 45.4 Å². The molecule has 0 bridgehead atoms. The van der Waals surface area contributed by atoms with Crippen molar-refractivity contribution in [2.24, 2.45) is 11.8 Å². The fraction of sp³-hybridized carbons (Fsp3) is 1.00. The number of hydrogen-bond donors (Lipinski definition) is 1. The summed E-state index contributed by atoms with van der Waals surface area (Å²) in [6, 6.07) is 0. The van der Waals surface area contributed by atoms with Crippen LogP contribution >= 0.6 is 0 Å². The number of aliphatic hydroxyl groups is 1. The molecule has 2 aliphatic rings. The third-order valence-corrected chi connectivity index (χ3v) is 3.93. The topological polar surface area (TPSA) is 29.5 Å². The van der Waals surface area contributed by atoms with Crippen LogP contribution < -0.4 is 0 Å². The van der Waals surface area contributed by atoms with E-state index in [1.165, 1.54) is 12.8 Å². The van der Waals surface area contributed by atoms with E-state index in [0.717, 1.165) is 38.9 Å². The van der Waals surface area contributed by atoms with Gasteiger partial charge in [-0.05, 0) is 31.6 Å². The van der Waals surface area contributed by atoms with Gasteiger partial charge in [-0.3, -0.25) is 0 Å². The fourth-order valence-electron chi connectivity index (χ4n) is 3.10. The average Bonchev–Trinajstić information content (AvgIpc) is 2.19. The standard InChI is InChI=1S/C12H22O2/c1-10-4-2-6-12(13,8-10)11-5-3-7-14-9-11/h10-11,13H,2-9H2,1H3. The highest BCUT2D eigenvalue weighted by Crippen LogP contribution is 2.40. The zero-order valence-corrected chi connectivity index (χ0v) is 9.17. The molecule has 1 saturated heterocycles. The molecule has 3 atom stereocenters. The lowest BCUT2D eigenvalue weighted by atomic mass is 9.70. The maximum Gasteiger partial charge on any atom is 0.0700 e. The van der Waals surface area contributed by atoms with Crippen molar-refractivity contribution < 1.29 is 9.84 Å². The van der Waals surface area contributed by atoms with Gasteiger partial charge in [0.15, 0.2) is 0 Å². The van der Waals surface area contributed by atoms with E-state index >= 15 is 0 Å². The molecule has 1 saturated carbocycles. The highest BCUT2D eigenvalue weighted by molar-refractivity contribution is 4.91. The fourth-order valence-corrected chi connectivity index (χ4v) is 3.10. The van der Waals surface area contributed by atoms with E-state index in [9.17, 15) is 5.11 Å². The van der Waals surface area contributed by atoms with Crippen molar-refractivity contribution in [1.29, 1.82) is 0 Å². The summed E-state index contributed by atoms with van der Waals surface area (Å²) in [5.74, 6) is 1.09. The molecular formula is C12H22O2. The molecule has 2 heteroatoms. The molecule has 2 rings (SSSR count). The Kier molecular flexibility index (Phi) is 3.13. The summed E-state index contributed by atoms with van der Waals surface area (Å²) >= 11 is 0. The summed E-state index contributed by atoms with van der Waals surface area (Å²) in [6.07, 6.45) is 6.74. The van der Waals surface area contributed by atoms with Gasteiger partial charge in [-0.1, -0.05) is 19.8 Å². The molecule has 0 aromatic carbocycles. The van der Waals surface area contributed by atoms with Gasteiger partial charge in [0.05, 0.1) is 12.2 Å². The first-order valence-corrected chi connectivity index (χ1v) is 6.01. The van der Waals surface area contributed by atoms with E-state index in [4.69, 9.17) is 4.74 Å². The predicted molar refractivity (Wildman–Crippen MR) is 56.1 cm³/mol. The van der Waals surface area contributed by atoms with E-state index < -0.39 is 5.60 Å². The van der Waals surface area contributed by atoms with Gasteiger partial charge >= 0.3 is 0 Å². The maximum atomic E-state index is 10.6. The van der Waals surface area contributed by atoms with Crippen LogP contribution in [0, 0.1) is 11.8 Å². The third-order valence-electron chi connectivity index (χ3n) is 3.93. The molecule has 0 aromatic rings. The molecule has 14 heavy (non-hydrogen) atoms. The summed E-state index contributed by atoms with van der Waals surface area (Å²) in [4.78, 5) is 0. The second-order valence-corrected chi connectivity index (χ2v) is 5.22. The first kappa shape index (κ1) is 10.4. The smallest absolute Gasteiger partial charge is 0.0700 e. The third kappa shape index (κ3) is 2.12. The van der Waals surface area contributed by atoms with Crippen molar-refractivity contribution in [3.05, 3.63) is 0 Å². The van der Waals surface area contributed by atoms with Gasteiger partial charge in [0, 0.05) is 12.5 Å². The Hall–Kier alpha value is -0.0800. The molecule has 0 spiro atoms. The largest absolute Gasteiger partial charge is 0.390 e. The van der Waals surface area contributed by atoms with Crippen molar-refractivity contribution in [1.82, 2.24) is 0 Å². The van der Waals surface area contributed by atoms with Gasteiger partial charge in [0.25, 0.3) is 0 Å². The van der Waals surface area contributed by atoms with E-state index in [1.807, 2.05) is 0 Å². The Morgan fingerprint density at radius 1 is 1.29 bits per heavy atom. The van der Waals surface area contributed by atoms with Crippen molar-refractivity contribution in [3.8, 4) is 0 Å². The minimum absolute atomic E-state index is 0.402. The first-order chi connectivity index (χ1) is 6.71. The number of ether oxygens (including phenoxy) is 1. The minimum Gasteiger partial charge on any atom is -0.390 e. The first-order valence-electron chi connectivity index (χ1n) is 6.01. The lowest BCUT2D eigenvalue weighted by molar-refractivity contribution is -0.107. The van der Waals surface area contributed by atoms with Gasteiger partial charge in [-0.15, -0.1) is 0 Å². The lowest BCUT2D eigenvalue weighted by Gasteiger charge is -2.43. The Labute approximate surface area is 86.6 Å². The van der Waals surface area contributed by atoms with Gasteiger partial charge in [0.1, 0.15) is 0 Å². The molecule has 1 aliphatic carbocycles. The zero-order chi connectivity index (χ0) is 10.0. The lowest BCUT2D eigenvalue weighted by Crippen LogP contribution is -2.45. The SMILES string of the molecule is CC1CCCC(O)(C2CCCOC2)C1. The molecule has 0 aromatic heterocycles. The van der Waals surface area contributed by atoms with E-state index in [2.05, 4.69) is 6.92 Å². The molecule has 3 unspecified atom stereocenters. The predicted octanol–water partition coefficient (Wildman–Crippen LogP) is 2.35. The summed E-state index contributed by atoms with van der Waals surface area (Å²) in [7, 11) is 0. The van der Waals surface area contributed by atoms with Gasteiger partial charge in [-0.2, -0.15) is 0 Å². The molecule has 2 nitrogen and oxygen atoms in total. The van der Waals surface area contributed by atoms with Crippen LogP contribution in [0.25, 0.3) is 0 Å². The Bertz CT molecular complexity index is 187. The maximum absolute atomic E-state index is 10.6. The molecule has 2 fully saturated rings. The summed E-state index contributed by atoms with van der Waals surface area (Å²) in [5, 5.41) is 10.6. The molecular weight excluding hydrogens is 176 g/mol. The highest BCUT2D eigenvalue weighted by Gasteiger charge is 2.40. The number of rotatable bonds is 1. The van der Waals surface area contributed by atoms with Crippen molar-refractivity contribution in [3.63, 3.8) is 0 Å². The summed E-state index contributed by atoms with van der Waals surface area (Å²) in [5.41, 5.74) is -0.405. The van der Waals surface area contributed by atoms with Crippen molar-refractivity contribution >= 4 is 0 Å². The van der Waals surface area contributed by atoms with E-state index in [-0.39, 0.29) is 0 Å². The normalized spacial score (nSPS) is 45.0. The van der Waals surface area contributed by atoms with Gasteiger partial charge in [0.2, 0.25) is 0 Å². The highest BCUT2D eigenvalue weighted by atomic mass is 16.5. The zero-order valence-electron chi connectivity index (χ0n) is 9.17. The molecule has 0 radical (unpaired) electrons. The van der Waals surface area contributed by atoms with Gasteiger partial charge < -0.3 is 9.84 Å². The Morgan fingerprint density at radius 2 is 2.14 bits per heavy atom. The van der Waals surface area contributed by atoms with Crippen molar-refractivity contribution in [2.75, 3.05) is 13.2 Å². The molecule has 1 N–H and O–H groups in total. The van der Waals surface area contributed by atoms with Crippen LogP contribution in [0.15, 0.2) is 0 Å². The molecule has 0 amide bonds. The molecule has 1 aliphatic heterocycles.